The fourth-order valence-corrected chi connectivity index (χ4v) is 2.29. The van der Waals surface area contributed by atoms with Crippen molar-refractivity contribution in [3.05, 3.63) is 102 Å². The minimum atomic E-state index is -0.105. The molecular weight excluding hydrogens is 282 g/mol. The van der Waals surface area contributed by atoms with Crippen LogP contribution < -0.4 is 5.32 Å². The SMILES string of the molecule is O=C(Nc1ccccc1/C=C/c1ccccc1)c1ccccc1. The molecule has 0 bridgehead atoms. The van der Waals surface area contributed by atoms with Gasteiger partial charge in [0.1, 0.15) is 0 Å². The van der Waals surface area contributed by atoms with Crippen LogP contribution >= 0.6 is 0 Å². The van der Waals surface area contributed by atoms with E-state index in [1.165, 1.54) is 0 Å². The van der Waals surface area contributed by atoms with Crippen LogP contribution in [0.1, 0.15) is 21.5 Å². The maximum absolute atomic E-state index is 12.3. The second kappa shape index (κ2) is 7.23. The van der Waals surface area contributed by atoms with Gasteiger partial charge in [-0.25, -0.2) is 0 Å². The Morgan fingerprint density at radius 2 is 1.30 bits per heavy atom. The number of nitrogens with one attached hydrogen (secondary N) is 1. The lowest BCUT2D eigenvalue weighted by atomic mass is 10.1. The molecule has 0 aliphatic heterocycles. The standard InChI is InChI=1S/C21H17NO/c23-21(19-12-5-2-6-13-19)22-20-14-8-7-11-18(20)16-15-17-9-3-1-4-10-17/h1-16H,(H,22,23)/b16-15+. The third-order valence-electron chi connectivity index (χ3n) is 3.50. The number of rotatable bonds is 4. The third kappa shape index (κ3) is 3.95. The highest BCUT2D eigenvalue weighted by Crippen LogP contribution is 2.19. The molecule has 0 saturated heterocycles. The van der Waals surface area contributed by atoms with Crippen molar-refractivity contribution in [2.75, 3.05) is 5.32 Å². The first-order chi connectivity index (χ1) is 11.3. The number of carbonyl (C=O) groups excluding carboxylic acids is 1. The summed E-state index contributed by atoms with van der Waals surface area (Å²) in [7, 11) is 0. The van der Waals surface area contributed by atoms with Gasteiger partial charge in [-0.2, -0.15) is 0 Å². The average Bonchev–Trinajstić information content (AvgIpc) is 2.62. The summed E-state index contributed by atoms with van der Waals surface area (Å²) in [6.45, 7) is 0. The molecular formula is C21H17NO. The van der Waals surface area contributed by atoms with E-state index in [9.17, 15) is 4.79 Å². The molecule has 0 fully saturated rings. The van der Waals surface area contributed by atoms with Crippen LogP contribution in [0.2, 0.25) is 0 Å². The van der Waals surface area contributed by atoms with Gasteiger partial charge in [0.15, 0.2) is 0 Å². The quantitative estimate of drug-likeness (QED) is 0.666. The monoisotopic (exact) mass is 299 g/mol. The van der Waals surface area contributed by atoms with Crippen molar-refractivity contribution in [1.82, 2.24) is 0 Å². The number of carbonyl (C=O) groups is 1. The Morgan fingerprint density at radius 3 is 2.04 bits per heavy atom. The zero-order valence-corrected chi connectivity index (χ0v) is 12.6. The Morgan fingerprint density at radius 1 is 0.696 bits per heavy atom. The number of benzene rings is 3. The van der Waals surface area contributed by atoms with Crippen LogP contribution in [0.3, 0.4) is 0 Å². The molecule has 0 aromatic heterocycles. The van der Waals surface area contributed by atoms with Crippen LogP contribution in [0, 0.1) is 0 Å². The van der Waals surface area contributed by atoms with Crippen molar-refractivity contribution in [2.24, 2.45) is 0 Å². The Hall–Kier alpha value is -3.13. The number of para-hydroxylation sites is 1. The van der Waals surface area contributed by atoms with Crippen molar-refractivity contribution < 1.29 is 4.79 Å². The van der Waals surface area contributed by atoms with Crippen LogP contribution in [-0.2, 0) is 0 Å². The highest BCUT2D eigenvalue weighted by molar-refractivity contribution is 6.05. The highest BCUT2D eigenvalue weighted by atomic mass is 16.1. The Kier molecular flexibility index (Phi) is 4.65. The maximum Gasteiger partial charge on any atom is 0.255 e. The van der Waals surface area contributed by atoms with Gasteiger partial charge in [0.05, 0.1) is 0 Å². The predicted molar refractivity (Wildman–Crippen MR) is 96.2 cm³/mol. The van der Waals surface area contributed by atoms with Gasteiger partial charge in [0.2, 0.25) is 0 Å². The van der Waals surface area contributed by atoms with E-state index >= 15 is 0 Å². The van der Waals surface area contributed by atoms with E-state index in [0.717, 1.165) is 16.8 Å². The Balaban J connectivity index is 1.81. The molecule has 3 aromatic carbocycles. The summed E-state index contributed by atoms with van der Waals surface area (Å²) >= 11 is 0. The van der Waals surface area contributed by atoms with Crippen molar-refractivity contribution in [1.29, 1.82) is 0 Å². The lowest BCUT2D eigenvalue weighted by Gasteiger charge is -2.08. The lowest BCUT2D eigenvalue weighted by molar-refractivity contribution is 0.102. The normalized spacial score (nSPS) is 10.6. The van der Waals surface area contributed by atoms with Crippen molar-refractivity contribution in [3.8, 4) is 0 Å². The van der Waals surface area contributed by atoms with Crippen molar-refractivity contribution in [2.45, 2.75) is 0 Å². The second-order valence-corrected chi connectivity index (χ2v) is 5.15. The summed E-state index contributed by atoms with van der Waals surface area (Å²) in [5.74, 6) is -0.105. The van der Waals surface area contributed by atoms with Crippen molar-refractivity contribution in [3.63, 3.8) is 0 Å². The van der Waals surface area contributed by atoms with Gasteiger partial charge >= 0.3 is 0 Å². The summed E-state index contributed by atoms with van der Waals surface area (Å²) in [5, 5.41) is 2.97. The molecule has 23 heavy (non-hydrogen) atoms. The van der Waals surface area contributed by atoms with Crippen LogP contribution in [-0.4, -0.2) is 5.91 Å². The summed E-state index contributed by atoms with van der Waals surface area (Å²) in [6.07, 6.45) is 4.05. The first-order valence-electron chi connectivity index (χ1n) is 7.51. The third-order valence-corrected chi connectivity index (χ3v) is 3.50. The smallest absolute Gasteiger partial charge is 0.255 e. The van der Waals surface area contributed by atoms with Gasteiger partial charge in [0.25, 0.3) is 5.91 Å². The fraction of sp³-hybridized carbons (Fsp3) is 0. The van der Waals surface area contributed by atoms with Gasteiger partial charge < -0.3 is 5.32 Å². The minimum absolute atomic E-state index is 0.105. The average molecular weight is 299 g/mol. The molecule has 3 aromatic rings. The summed E-state index contributed by atoms with van der Waals surface area (Å²) in [6, 6.07) is 27.1. The van der Waals surface area contributed by atoms with E-state index in [-0.39, 0.29) is 5.91 Å². The predicted octanol–water partition coefficient (Wildman–Crippen LogP) is 5.11. The zero-order valence-electron chi connectivity index (χ0n) is 12.6. The van der Waals surface area contributed by atoms with Gasteiger partial charge in [-0.05, 0) is 29.3 Å². The van der Waals surface area contributed by atoms with Crippen LogP contribution in [0.5, 0.6) is 0 Å². The largest absolute Gasteiger partial charge is 0.321 e. The van der Waals surface area contributed by atoms with Gasteiger partial charge in [-0.3, -0.25) is 4.79 Å². The van der Waals surface area contributed by atoms with E-state index in [2.05, 4.69) is 5.32 Å². The van der Waals surface area contributed by atoms with E-state index in [0.29, 0.717) is 5.56 Å². The number of hydrogen-bond acceptors (Lipinski definition) is 1. The summed E-state index contributed by atoms with van der Waals surface area (Å²) in [4.78, 5) is 12.3. The molecule has 2 nitrogen and oxygen atoms in total. The van der Waals surface area contributed by atoms with E-state index in [1.807, 2.05) is 84.9 Å². The molecule has 2 heteroatoms. The molecule has 1 amide bonds. The van der Waals surface area contributed by atoms with Crippen LogP contribution in [0.25, 0.3) is 12.2 Å². The number of hydrogen-bond donors (Lipinski definition) is 1. The van der Waals surface area contributed by atoms with E-state index in [1.54, 1.807) is 12.1 Å². The molecule has 0 atom stereocenters. The number of anilines is 1. The molecule has 3 rings (SSSR count). The molecule has 0 spiro atoms. The first kappa shape index (κ1) is 14.8. The number of amides is 1. The molecule has 0 saturated carbocycles. The minimum Gasteiger partial charge on any atom is -0.321 e. The lowest BCUT2D eigenvalue weighted by Crippen LogP contribution is -2.12. The van der Waals surface area contributed by atoms with E-state index < -0.39 is 0 Å². The van der Waals surface area contributed by atoms with Gasteiger partial charge in [0, 0.05) is 11.3 Å². The Bertz CT molecular complexity index is 808. The zero-order chi connectivity index (χ0) is 15.9. The van der Waals surface area contributed by atoms with Gasteiger partial charge in [-0.15, -0.1) is 0 Å². The molecule has 0 heterocycles. The second-order valence-electron chi connectivity index (χ2n) is 5.15. The highest BCUT2D eigenvalue weighted by Gasteiger charge is 2.06. The molecule has 1 N–H and O–H groups in total. The molecule has 0 aliphatic rings. The van der Waals surface area contributed by atoms with Gasteiger partial charge in [-0.1, -0.05) is 78.9 Å². The molecule has 112 valence electrons. The fourth-order valence-electron chi connectivity index (χ4n) is 2.29. The topological polar surface area (TPSA) is 29.1 Å². The summed E-state index contributed by atoms with van der Waals surface area (Å²) < 4.78 is 0. The molecule has 0 unspecified atom stereocenters. The first-order valence-corrected chi connectivity index (χ1v) is 7.51. The van der Waals surface area contributed by atoms with E-state index in [4.69, 9.17) is 0 Å². The van der Waals surface area contributed by atoms with Crippen molar-refractivity contribution >= 4 is 23.7 Å². The summed E-state index contributed by atoms with van der Waals surface area (Å²) in [5.41, 5.74) is 3.54. The maximum atomic E-state index is 12.3. The van der Waals surface area contributed by atoms with Crippen LogP contribution in [0.4, 0.5) is 5.69 Å². The Labute approximate surface area is 136 Å². The molecule has 0 aliphatic carbocycles. The molecule has 0 radical (unpaired) electrons. The van der Waals surface area contributed by atoms with Crippen LogP contribution in [0.15, 0.2) is 84.9 Å².